The molecule has 0 aromatic carbocycles. The van der Waals surface area contributed by atoms with E-state index >= 15 is 0 Å². The average molecular weight is 290 g/mol. The Morgan fingerprint density at radius 3 is 2.29 bits per heavy atom. The van der Waals surface area contributed by atoms with Crippen molar-refractivity contribution in [2.75, 3.05) is 0 Å². The van der Waals surface area contributed by atoms with Crippen molar-refractivity contribution in [2.45, 2.75) is 78.0 Å². The highest BCUT2D eigenvalue weighted by molar-refractivity contribution is 6.62. The molecule has 2 aliphatic rings. The molecule has 116 valence electrons. The Hall–Kier alpha value is -0.805. The van der Waals surface area contributed by atoms with Gasteiger partial charge in [-0.3, -0.25) is 4.68 Å². The van der Waals surface area contributed by atoms with E-state index < -0.39 is 0 Å². The Labute approximate surface area is 128 Å². The summed E-state index contributed by atoms with van der Waals surface area (Å²) in [5.41, 5.74) is 1.82. The summed E-state index contributed by atoms with van der Waals surface area (Å²) in [5, 5.41) is 4.59. The Kier molecular flexibility index (Phi) is 3.49. The highest BCUT2D eigenvalue weighted by atomic mass is 16.7. The van der Waals surface area contributed by atoms with Crippen LogP contribution in [0.15, 0.2) is 6.20 Å². The first-order valence-electron chi connectivity index (χ1n) is 8.13. The summed E-state index contributed by atoms with van der Waals surface area (Å²) >= 11 is 0. The zero-order chi connectivity index (χ0) is 15.4. The summed E-state index contributed by atoms with van der Waals surface area (Å²) in [4.78, 5) is 0. The van der Waals surface area contributed by atoms with Crippen LogP contribution in [0.2, 0.25) is 0 Å². The van der Waals surface area contributed by atoms with Crippen LogP contribution in [0.3, 0.4) is 0 Å². The van der Waals surface area contributed by atoms with E-state index in [0.717, 1.165) is 17.8 Å². The van der Waals surface area contributed by atoms with E-state index in [4.69, 9.17) is 9.31 Å². The Morgan fingerprint density at radius 2 is 1.81 bits per heavy atom. The summed E-state index contributed by atoms with van der Waals surface area (Å²) in [5.74, 6) is 0.820. The van der Waals surface area contributed by atoms with Crippen molar-refractivity contribution in [3.8, 4) is 0 Å². The first-order valence-corrected chi connectivity index (χ1v) is 8.13. The van der Waals surface area contributed by atoms with E-state index in [1.54, 1.807) is 0 Å². The quantitative estimate of drug-likeness (QED) is 0.800. The third-order valence-electron chi connectivity index (χ3n) is 5.11. The molecule has 1 aliphatic heterocycles. The molecule has 0 N–H and O–H groups in total. The molecule has 0 atom stereocenters. The van der Waals surface area contributed by atoms with Crippen LogP contribution in [0.4, 0.5) is 0 Å². The molecular formula is C16H27BN2O2. The second-order valence-electron chi connectivity index (χ2n) is 7.82. The van der Waals surface area contributed by atoms with Gasteiger partial charge in [-0.25, -0.2) is 0 Å². The molecule has 4 nitrogen and oxygen atoms in total. The van der Waals surface area contributed by atoms with Gasteiger partial charge in [0.05, 0.1) is 11.2 Å². The third kappa shape index (κ3) is 2.66. The zero-order valence-electron chi connectivity index (χ0n) is 14.1. The van der Waals surface area contributed by atoms with Gasteiger partial charge in [-0.15, -0.1) is 0 Å². The van der Waals surface area contributed by atoms with Gasteiger partial charge in [0.25, 0.3) is 0 Å². The van der Waals surface area contributed by atoms with Crippen molar-refractivity contribution in [3.05, 3.63) is 11.9 Å². The lowest BCUT2D eigenvalue weighted by molar-refractivity contribution is 0.00578. The van der Waals surface area contributed by atoms with Crippen LogP contribution in [-0.2, 0) is 15.7 Å². The van der Waals surface area contributed by atoms with Gasteiger partial charge in [-0.05, 0) is 66.7 Å². The van der Waals surface area contributed by atoms with Crippen molar-refractivity contribution in [1.29, 1.82) is 0 Å². The van der Waals surface area contributed by atoms with Gasteiger partial charge in [-0.2, -0.15) is 5.10 Å². The fraction of sp³-hybridized carbons (Fsp3) is 0.812. The lowest BCUT2D eigenvalue weighted by Gasteiger charge is -2.32. The lowest BCUT2D eigenvalue weighted by atomic mass is 9.78. The van der Waals surface area contributed by atoms with Crippen LogP contribution in [0.5, 0.6) is 0 Å². The maximum atomic E-state index is 6.21. The summed E-state index contributed by atoms with van der Waals surface area (Å²) in [6, 6.07) is 0.370. The molecule has 0 spiro atoms. The number of aromatic nitrogens is 2. The first-order chi connectivity index (χ1) is 9.71. The van der Waals surface area contributed by atoms with Crippen molar-refractivity contribution >= 4 is 12.6 Å². The zero-order valence-corrected chi connectivity index (χ0v) is 14.1. The Balaban J connectivity index is 1.92. The number of nitrogens with zero attached hydrogens (tertiary/aromatic N) is 2. The Bertz CT molecular complexity index is 516. The molecule has 1 aliphatic carbocycles. The molecule has 2 heterocycles. The van der Waals surface area contributed by atoms with Gasteiger partial charge >= 0.3 is 7.12 Å². The number of hydrogen-bond acceptors (Lipinski definition) is 3. The molecule has 1 saturated heterocycles. The molecule has 0 bridgehead atoms. The van der Waals surface area contributed by atoms with E-state index in [0.29, 0.717) is 6.04 Å². The van der Waals surface area contributed by atoms with Gasteiger partial charge < -0.3 is 9.31 Å². The molecule has 21 heavy (non-hydrogen) atoms. The minimum absolute atomic E-state index is 0.295. The lowest BCUT2D eigenvalue weighted by Crippen LogP contribution is -2.41. The topological polar surface area (TPSA) is 36.3 Å². The molecule has 0 unspecified atom stereocenters. The first kappa shape index (κ1) is 15.1. The third-order valence-corrected chi connectivity index (χ3v) is 5.11. The maximum Gasteiger partial charge on any atom is 0.498 e. The molecule has 3 rings (SSSR count). The summed E-state index contributed by atoms with van der Waals surface area (Å²) in [7, 11) is -0.295. The molecule has 5 heteroatoms. The van der Waals surface area contributed by atoms with Crippen LogP contribution in [0.1, 0.15) is 66.1 Å². The van der Waals surface area contributed by atoms with E-state index in [-0.39, 0.29) is 18.3 Å². The number of rotatable bonds is 4. The molecule has 0 amide bonds. The van der Waals surface area contributed by atoms with Gasteiger partial charge in [-0.1, -0.05) is 0 Å². The van der Waals surface area contributed by atoms with Crippen molar-refractivity contribution in [1.82, 2.24) is 9.78 Å². The van der Waals surface area contributed by atoms with Gasteiger partial charge in [0.1, 0.15) is 0 Å². The summed E-state index contributed by atoms with van der Waals surface area (Å²) in [6.07, 6.45) is 5.72. The standard InChI is InChI=1S/C16H27BN2O2/c1-11(2)19-14(9-12-7-8-12)13(10-18-19)17-20-15(3,4)16(5,6)21-17/h10-12H,7-9H2,1-6H3. The molecule has 1 saturated carbocycles. The largest absolute Gasteiger partial charge is 0.498 e. The van der Waals surface area contributed by atoms with Crippen LogP contribution in [0.25, 0.3) is 0 Å². The summed E-state index contributed by atoms with van der Waals surface area (Å²) < 4.78 is 14.6. The normalized spacial score (nSPS) is 24.0. The fourth-order valence-electron chi connectivity index (χ4n) is 2.82. The maximum absolute atomic E-state index is 6.21. The minimum Gasteiger partial charge on any atom is -0.399 e. The predicted octanol–water partition coefficient (Wildman–Crippen LogP) is 2.72. The highest BCUT2D eigenvalue weighted by Crippen LogP contribution is 2.38. The van der Waals surface area contributed by atoms with Gasteiger partial charge in [0.15, 0.2) is 0 Å². The van der Waals surface area contributed by atoms with E-state index in [1.165, 1.54) is 18.5 Å². The fourth-order valence-corrected chi connectivity index (χ4v) is 2.82. The van der Waals surface area contributed by atoms with Crippen LogP contribution in [0, 0.1) is 5.92 Å². The van der Waals surface area contributed by atoms with E-state index in [9.17, 15) is 0 Å². The SMILES string of the molecule is CC(C)n1ncc(B2OC(C)(C)C(C)(C)O2)c1CC1CC1. The van der Waals surface area contributed by atoms with Gasteiger partial charge in [0, 0.05) is 23.4 Å². The van der Waals surface area contributed by atoms with Gasteiger partial charge in [0.2, 0.25) is 0 Å². The second-order valence-corrected chi connectivity index (χ2v) is 7.82. The predicted molar refractivity (Wildman–Crippen MR) is 84.8 cm³/mol. The summed E-state index contributed by atoms with van der Waals surface area (Å²) in [6.45, 7) is 12.7. The highest BCUT2D eigenvalue weighted by Gasteiger charge is 2.53. The second kappa shape index (κ2) is 4.85. The van der Waals surface area contributed by atoms with Crippen molar-refractivity contribution in [3.63, 3.8) is 0 Å². The van der Waals surface area contributed by atoms with Crippen molar-refractivity contribution < 1.29 is 9.31 Å². The molecule has 1 aromatic rings. The van der Waals surface area contributed by atoms with E-state index in [2.05, 4.69) is 51.3 Å². The smallest absolute Gasteiger partial charge is 0.399 e. The molecular weight excluding hydrogens is 263 g/mol. The Morgan fingerprint density at radius 1 is 1.24 bits per heavy atom. The van der Waals surface area contributed by atoms with Crippen LogP contribution < -0.4 is 5.46 Å². The van der Waals surface area contributed by atoms with Crippen molar-refractivity contribution in [2.24, 2.45) is 5.92 Å². The minimum atomic E-state index is -0.297. The molecule has 0 radical (unpaired) electrons. The monoisotopic (exact) mass is 290 g/mol. The van der Waals surface area contributed by atoms with Crippen LogP contribution >= 0.6 is 0 Å². The van der Waals surface area contributed by atoms with E-state index in [1.807, 2.05) is 6.20 Å². The molecule has 2 fully saturated rings. The molecule has 1 aromatic heterocycles. The average Bonchev–Trinajstić information content (AvgIpc) is 2.99. The van der Waals surface area contributed by atoms with Crippen LogP contribution in [-0.4, -0.2) is 28.1 Å². The number of hydrogen-bond donors (Lipinski definition) is 0.